The van der Waals surface area contributed by atoms with Crippen molar-refractivity contribution in [3.8, 4) is 0 Å². The van der Waals surface area contributed by atoms with Gasteiger partial charge in [0.1, 0.15) is 0 Å². The predicted molar refractivity (Wildman–Crippen MR) is 86.7 cm³/mol. The minimum Gasteiger partial charge on any atom is -0.469 e. The van der Waals surface area contributed by atoms with Gasteiger partial charge in [-0.3, -0.25) is 9.59 Å². The molecule has 0 heterocycles. The zero-order valence-corrected chi connectivity index (χ0v) is 13.9. The van der Waals surface area contributed by atoms with E-state index in [0.717, 1.165) is 13.0 Å². The first-order valence-electron chi connectivity index (χ1n) is 7.52. The molecule has 1 aromatic carbocycles. The first-order chi connectivity index (χ1) is 10.5. The molecule has 1 aromatic rings. The molecule has 0 N–H and O–H groups in total. The number of ether oxygens (including phenoxy) is 1. The van der Waals surface area contributed by atoms with Crippen LogP contribution in [0.3, 0.4) is 0 Å². The third-order valence-electron chi connectivity index (χ3n) is 3.44. The monoisotopic (exact) mass is 306 g/mol. The first kappa shape index (κ1) is 18.2. The molecule has 1 rings (SSSR count). The molecule has 0 spiro atoms. The van der Waals surface area contributed by atoms with Gasteiger partial charge in [0.25, 0.3) is 5.91 Å². The van der Waals surface area contributed by atoms with Gasteiger partial charge in [0.2, 0.25) is 0 Å². The van der Waals surface area contributed by atoms with Crippen LogP contribution in [0.4, 0.5) is 0 Å². The minimum atomic E-state index is -0.336. The Labute approximate surface area is 132 Å². The molecule has 5 heteroatoms. The van der Waals surface area contributed by atoms with Gasteiger partial charge in [-0.05, 0) is 39.2 Å². The van der Waals surface area contributed by atoms with E-state index >= 15 is 0 Å². The van der Waals surface area contributed by atoms with Crippen LogP contribution in [0.1, 0.15) is 23.7 Å². The molecule has 0 aromatic heterocycles. The number of methoxy groups -OCH3 is 1. The van der Waals surface area contributed by atoms with Crippen LogP contribution in [-0.4, -0.2) is 62.5 Å². The lowest BCUT2D eigenvalue weighted by Gasteiger charge is -2.26. The Balaban J connectivity index is 2.76. The van der Waals surface area contributed by atoms with Crippen LogP contribution < -0.4 is 0 Å². The Morgan fingerprint density at radius 2 is 1.77 bits per heavy atom. The Hall–Kier alpha value is -1.88. The molecule has 5 nitrogen and oxygen atoms in total. The summed E-state index contributed by atoms with van der Waals surface area (Å²) in [6, 6.07) is 9.16. The summed E-state index contributed by atoms with van der Waals surface area (Å²) >= 11 is 0. The maximum Gasteiger partial charge on any atom is 0.310 e. The van der Waals surface area contributed by atoms with Crippen molar-refractivity contribution < 1.29 is 14.3 Å². The van der Waals surface area contributed by atoms with Gasteiger partial charge in [-0.2, -0.15) is 0 Å². The summed E-state index contributed by atoms with van der Waals surface area (Å²) in [5.74, 6) is -0.675. The fourth-order valence-corrected chi connectivity index (χ4v) is 2.22. The van der Waals surface area contributed by atoms with E-state index in [-0.39, 0.29) is 17.8 Å². The van der Waals surface area contributed by atoms with E-state index in [1.54, 1.807) is 24.0 Å². The smallest absolute Gasteiger partial charge is 0.310 e. The molecule has 0 aliphatic heterocycles. The molecule has 0 saturated carbocycles. The lowest BCUT2D eigenvalue weighted by Crippen LogP contribution is -2.38. The average Bonchev–Trinajstić information content (AvgIpc) is 2.52. The Morgan fingerprint density at radius 1 is 1.14 bits per heavy atom. The van der Waals surface area contributed by atoms with Gasteiger partial charge in [-0.1, -0.05) is 25.1 Å². The molecule has 122 valence electrons. The fourth-order valence-electron chi connectivity index (χ4n) is 2.22. The molecule has 0 aliphatic carbocycles. The maximum absolute atomic E-state index is 12.6. The van der Waals surface area contributed by atoms with Gasteiger partial charge in [-0.15, -0.1) is 0 Å². The summed E-state index contributed by atoms with van der Waals surface area (Å²) in [4.78, 5) is 28.1. The molecule has 22 heavy (non-hydrogen) atoms. The summed E-state index contributed by atoms with van der Waals surface area (Å²) in [5.41, 5.74) is 0.643. The summed E-state index contributed by atoms with van der Waals surface area (Å²) < 4.78 is 4.76. The standard InChI is InChI=1S/C17H26N2O3/c1-14(17(21)22-4)13-19(12-8-11-18(2)3)16(20)15-9-6-5-7-10-15/h5-7,9-10,14H,8,11-13H2,1-4H3. The minimum absolute atomic E-state index is 0.0462. The SMILES string of the molecule is COC(=O)C(C)CN(CCCN(C)C)C(=O)c1ccccc1. The van der Waals surface area contributed by atoms with Crippen molar-refractivity contribution in [2.24, 2.45) is 5.92 Å². The van der Waals surface area contributed by atoms with Crippen LogP contribution in [0.5, 0.6) is 0 Å². The molecule has 1 amide bonds. The molecular formula is C17H26N2O3. The zero-order valence-electron chi connectivity index (χ0n) is 13.9. The third kappa shape index (κ3) is 5.85. The Morgan fingerprint density at radius 3 is 2.32 bits per heavy atom. The van der Waals surface area contributed by atoms with E-state index in [4.69, 9.17) is 4.74 Å². The third-order valence-corrected chi connectivity index (χ3v) is 3.44. The molecule has 0 fully saturated rings. The molecule has 1 atom stereocenters. The summed E-state index contributed by atoms with van der Waals surface area (Å²) in [7, 11) is 5.37. The highest BCUT2D eigenvalue weighted by molar-refractivity contribution is 5.94. The van der Waals surface area contributed by atoms with Gasteiger partial charge in [-0.25, -0.2) is 0 Å². The highest BCUT2D eigenvalue weighted by Gasteiger charge is 2.22. The molecular weight excluding hydrogens is 280 g/mol. The quantitative estimate of drug-likeness (QED) is 0.688. The van der Waals surface area contributed by atoms with E-state index in [2.05, 4.69) is 4.90 Å². The van der Waals surface area contributed by atoms with Crippen LogP contribution in [0.25, 0.3) is 0 Å². The normalized spacial score (nSPS) is 12.0. The van der Waals surface area contributed by atoms with Gasteiger partial charge >= 0.3 is 5.97 Å². The van der Waals surface area contributed by atoms with Crippen molar-refractivity contribution in [3.05, 3.63) is 35.9 Å². The van der Waals surface area contributed by atoms with Gasteiger partial charge in [0, 0.05) is 18.7 Å². The van der Waals surface area contributed by atoms with Crippen LogP contribution >= 0.6 is 0 Å². The molecule has 0 saturated heterocycles. The first-order valence-corrected chi connectivity index (χ1v) is 7.52. The van der Waals surface area contributed by atoms with Crippen molar-refractivity contribution >= 4 is 11.9 Å². The number of hydrogen-bond donors (Lipinski definition) is 0. The van der Waals surface area contributed by atoms with E-state index in [0.29, 0.717) is 18.7 Å². The number of rotatable bonds is 8. The van der Waals surface area contributed by atoms with Crippen molar-refractivity contribution in [3.63, 3.8) is 0 Å². The summed E-state index contributed by atoms with van der Waals surface area (Å²) in [5, 5.41) is 0. The topological polar surface area (TPSA) is 49.9 Å². The molecule has 1 unspecified atom stereocenters. The van der Waals surface area contributed by atoms with Gasteiger partial charge in [0.05, 0.1) is 13.0 Å². The van der Waals surface area contributed by atoms with Crippen molar-refractivity contribution in [2.45, 2.75) is 13.3 Å². The molecule has 0 bridgehead atoms. The second kappa shape index (κ2) is 9.20. The molecule has 0 radical (unpaired) electrons. The number of nitrogens with zero attached hydrogens (tertiary/aromatic N) is 2. The Kier molecular flexibility index (Phi) is 7.60. The van der Waals surface area contributed by atoms with Crippen LogP contribution in [0.2, 0.25) is 0 Å². The van der Waals surface area contributed by atoms with Crippen molar-refractivity contribution in [1.29, 1.82) is 0 Å². The second-order valence-corrected chi connectivity index (χ2v) is 5.70. The van der Waals surface area contributed by atoms with E-state index < -0.39 is 0 Å². The number of carbonyl (C=O) groups is 2. The van der Waals surface area contributed by atoms with Gasteiger partial charge in [0.15, 0.2) is 0 Å². The largest absolute Gasteiger partial charge is 0.469 e. The van der Waals surface area contributed by atoms with Crippen LogP contribution in [-0.2, 0) is 9.53 Å². The lowest BCUT2D eigenvalue weighted by atomic mass is 10.1. The maximum atomic E-state index is 12.6. The summed E-state index contributed by atoms with van der Waals surface area (Å²) in [6.07, 6.45) is 0.861. The second-order valence-electron chi connectivity index (χ2n) is 5.70. The zero-order chi connectivity index (χ0) is 16.5. The lowest BCUT2D eigenvalue weighted by molar-refractivity contribution is -0.145. The summed E-state index contributed by atoms with van der Waals surface area (Å²) in [6.45, 7) is 3.66. The highest BCUT2D eigenvalue weighted by Crippen LogP contribution is 2.10. The predicted octanol–water partition coefficient (Wildman–Crippen LogP) is 1.89. The number of hydrogen-bond acceptors (Lipinski definition) is 4. The highest BCUT2D eigenvalue weighted by atomic mass is 16.5. The number of esters is 1. The number of carbonyl (C=O) groups excluding carboxylic acids is 2. The van der Waals surface area contributed by atoms with Crippen molar-refractivity contribution in [1.82, 2.24) is 9.80 Å². The van der Waals surface area contributed by atoms with E-state index in [1.165, 1.54) is 7.11 Å². The fraction of sp³-hybridized carbons (Fsp3) is 0.529. The van der Waals surface area contributed by atoms with Crippen LogP contribution in [0, 0.1) is 5.92 Å². The number of benzene rings is 1. The number of amides is 1. The Bertz CT molecular complexity index is 474. The van der Waals surface area contributed by atoms with Crippen LogP contribution in [0.15, 0.2) is 30.3 Å². The van der Waals surface area contributed by atoms with E-state index in [9.17, 15) is 9.59 Å². The molecule has 0 aliphatic rings. The van der Waals surface area contributed by atoms with E-state index in [1.807, 2.05) is 32.3 Å². The van der Waals surface area contributed by atoms with Crippen molar-refractivity contribution in [2.75, 3.05) is 40.8 Å². The average molecular weight is 306 g/mol. The van der Waals surface area contributed by atoms with Gasteiger partial charge < -0.3 is 14.5 Å².